The molecule has 0 aromatic heterocycles. The summed E-state index contributed by atoms with van der Waals surface area (Å²) in [4.78, 5) is 0. The summed E-state index contributed by atoms with van der Waals surface area (Å²) in [6.07, 6.45) is 0. The van der Waals surface area contributed by atoms with Gasteiger partial charge in [0.2, 0.25) is 0 Å². The van der Waals surface area contributed by atoms with Crippen molar-refractivity contribution in [3.05, 3.63) is 68.7 Å². The summed E-state index contributed by atoms with van der Waals surface area (Å²) in [5, 5.41) is 3.63. The summed E-state index contributed by atoms with van der Waals surface area (Å²) in [6.45, 7) is 0. The van der Waals surface area contributed by atoms with Crippen LogP contribution in [0.2, 0.25) is 5.02 Å². The zero-order valence-corrected chi connectivity index (χ0v) is 12.4. The zero-order valence-electron chi connectivity index (χ0n) is 10.1. The van der Waals surface area contributed by atoms with Gasteiger partial charge in [-0.15, -0.1) is 0 Å². The molecule has 1 N–H and O–H groups in total. The number of halogens is 4. The van der Waals surface area contributed by atoms with Crippen molar-refractivity contribution in [2.24, 2.45) is 0 Å². The Morgan fingerprint density at radius 1 is 1.05 bits per heavy atom. The van der Waals surface area contributed by atoms with Crippen LogP contribution in [0.4, 0.5) is 8.78 Å². The molecule has 1 atom stereocenters. The number of hydrogen-bond donors (Lipinski definition) is 1. The molecule has 1 unspecified atom stereocenters. The van der Waals surface area contributed by atoms with Crippen molar-refractivity contribution in [2.75, 3.05) is 7.05 Å². The third kappa shape index (κ3) is 3.14. The lowest BCUT2D eigenvalue weighted by atomic mass is 9.99. The molecule has 0 fully saturated rings. The Hall–Kier alpha value is -0.970. The van der Waals surface area contributed by atoms with Crippen molar-refractivity contribution in [2.45, 2.75) is 6.04 Å². The van der Waals surface area contributed by atoms with E-state index in [-0.39, 0.29) is 6.04 Å². The predicted molar refractivity (Wildman–Crippen MR) is 76.4 cm³/mol. The topological polar surface area (TPSA) is 12.0 Å². The molecular weight excluding hydrogens is 336 g/mol. The van der Waals surface area contributed by atoms with E-state index in [1.165, 1.54) is 6.07 Å². The molecule has 0 aliphatic heterocycles. The normalized spacial score (nSPS) is 12.5. The Kier molecular flexibility index (Phi) is 4.55. The van der Waals surface area contributed by atoms with Gasteiger partial charge in [-0.3, -0.25) is 0 Å². The molecule has 0 saturated carbocycles. The van der Waals surface area contributed by atoms with E-state index in [0.717, 1.165) is 16.1 Å². The van der Waals surface area contributed by atoms with Gasteiger partial charge in [0.25, 0.3) is 0 Å². The van der Waals surface area contributed by atoms with Crippen molar-refractivity contribution in [1.29, 1.82) is 0 Å². The molecule has 0 aliphatic carbocycles. The summed E-state index contributed by atoms with van der Waals surface area (Å²) < 4.78 is 27.1. The highest BCUT2D eigenvalue weighted by molar-refractivity contribution is 9.10. The van der Waals surface area contributed by atoms with E-state index < -0.39 is 11.6 Å². The number of hydrogen-bond acceptors (Lipinski definition) is 1. The highest BCUT2D eigenvalue weighted by Crippen LogP contribution is 2.29. The Morgan fingerprint density at radius 3 is 2.26 bits per heavy atom. The van der Waals surface area contributed by atoms with Gasteiger partial charge in [-0.25, -0.2) is 8.78 Å². The fourth-order valence-corrected chi connectivity index (χ4v) is 2.35. The Morgan fingerprint density at radius 2 is 1.68 bits per heavy atom. The summed E-state index contributed by atoms with van der Waals surface area (Å²) in [5.74, 6) is -1.71. The van der Waals surface area contributed by atoms with Gasteiger partial charge in [0.15, 0.2) is 11.6 Å². The number of nitrogens with one attached hydrogen (secondary N) is 1. The molecule has 0 heterocycles. The molecule has 100 valence electrons. The van der Waals surface area contributed by atoms with Crippen LogP contribution in [-0.4, -0.2) is 7.05 Å². The van der Waals surface area contributed by atoms with E-state index in [1.807, 2.05) is 12.1 Å². The van der Waals surface area contributed by atoms with Crippen LogP contribution >= 0.6 is 27.5 Å². The van der Waals surface area contributed by atoms with Crippen LogP contribution in [0.25, 0.3) is 0 Å². The van der Waals surface area contributed by atoms with Gasteiger partial charge in [-0.2, -0.15) is 0 Å². The monoisotopic (exact) mass is 345 g/mol. The van der Waals surface area contributed by atoms with E-state index in [4.69, 9.17) is 11.6 Å². The zero-order chi connectivity index (χ0) is 14.0. The Balaban J connectivity index is 2.43. The van der Waals surface area contributed by atoms with Crippen molar-refractivity contribution >= 4 is 27.5 Å². The second-order valence-electron chi connectivity index (χ2n) is 4.07. The summed E-state index contributed by atoms with van der Waals surface area (Å²) >= 11 is 9.37. The maximum atomic E-state index is 13.3. The van der Waals surface area contributed by atoms with E-state index in [2.05, 4.69) is 21.2 Å². The lowest BCUT2D eigenvalue weighted by Gasteiger charge is -2.18. The van der Waals surface area contributed by atoms with Gasteiger partial charge < -0.3 is 5.32 Å². The van der Waals surface area contributed by atoms with Crippen LogP contribution in [0.3, 0.4) is 0 Å². The molecule has 2 aromatic carbocycles. The number of rotatable bonds is 3. The van der Waals surface area contributed by atoms with Crippen LogP contribution in [-0.2, 0) is 0 Å². The van der Waals surface area contributed by atoms with Gasteiger partial charge in [0.05, 0.1) is 11.1 Å². The summed E-state index contributed by atoms with van der Waals surface area (Å²) in [5.41, 5.74) is 1.52. The fourth-order valence-electron chi connectivity index (χ4n) is 1.91. The standard InChI is InChI=1S/C14H11BrClF2N/c1-19-14(8-2-4-10(15)11(16)6-8)9-3-5-12(17)13(18)7-9/h2-7,14,19H,1H3. The van der Waals surface area contributed by atoms with E-state index in [1.54, 1.807) is 19.2 Å². The Labute approximate surface area is 123 Å². The minimum Gasteiger partial charge on any atom is -0.309 e. The summed E-state index contributed by atoms with van der Waals surface area (Å²) in [7, 11) is 1.75. The first-order valence-electron chi connectivity index (χ1n) is 5.60. The first kappa shape index (κ1) is 14.4. The van der Waals surface area contributed by atoms with Crippen LogP contribution in [0.1, 0.15) is 17.2 Å². The van der Waals surface area contributed by atoms with Gasteiger partial charge in [0, 0.05) is 4.47 Å². The number of benzene rings is 2. The van der Waals surface area contributed by atoms with Crippen molar-refractivity contribution in [3.63, 3.8) is 0 Å². The maximum absolute atomic E-state index is 13.3. The predicted octanol–water partition coefficient (Wildman–Crippen LogP) is 4.69. The molecule has 1 nitrogen and oxygen atoms in total. The smallest absolute Gasteiger partial charge is 0.159 e. The second-order valence-corrected chi connectivity index (χ2v) is 5.33. The second kappa shape index (κ2) is 5.99. The van der Waals surface area contributed by atoms with E-state index in [0.29, 0.717) is 10.6 Å². The first-order chi connectivity index (χ1) is 9.02. The lowest BCUT2D eigenvalue weighted by molar-refractivity contribution is 0.505. The van der Waals surface area contributed by atoms with Crippen LogP contribution in [0.5, 0.6) is 0 Å². The highest BCUT2D eigenvalue weighted by atomic mass is 79.9. The minimum atomic E-state index is -0.860. The third-order valence-electron chi connectivity index (χ3n) is 2.84. The molecule has 0 bridgehead atoms. The lowest BCUT2D eigenvalue weighted by Crippen LogP contribution is -2.18. The largest absolute Gasteiger partial charge is 0.309 e. The summed E-state index contributed by atoms with van der Waals surface area (Å²) in [6, 6.07) is 9.09. The van der Waals surface area contributed by atoms with Crippen molar-refractivity contribution in [1.82, 2.24) is 5.32 Å². The van der Waals surface area contributed by atoms with Crippen LogP contribution < -0.4 is 5.32 Å². The molecule has 2 aromatic rings. The van der Waals surface area contributed by atoms with Crippen LogP contribution in [0.15, 0.2) is 40.9 Å². The average molecular weight is 347 g/mol. The molecular formula is C14H11BrClF2N. The SMILES string of the molecule is CNC(c1ccc(F)c(F)c1)c1ccc(Br)c(Cl)c1. The van der Waals surface area contributed by atoms with E-state index >= 15 is 0 Å². The van der Waals surface area contributed by atoms with Gasteiger partial charge >= 0.3 is 0 Å². The average Bonchev–Trinajstić information content (AvgIpc) is 2.39. The quantitative estimate of drug-likeness (QED) is 0.850. The highest BCUT2D eigenvalue weighted by Gasteiger charge is 2.15. The molecule has 0 spiro atoms. The molecule has 0 amide bonds. The Bertz CT molecular complexity index is 552. The van der Waals surface area contributed by atoms with Crippen molar-refractivity contribution in [3.8, 4) is 0 Å². The molecule has 5 heteroatoms. The molecule has 19 heavy (non-hydrogen) atoms. The van der Waals surface area contributed by atoms with Gasteiger partial charge in [-0.1, -0.05) is 23.7 Å². The minimum absolute atomic E-state index is 0.249. The van der Waals surface area contributed by atoms with Crippen LogP contribution in [0, 0.1) is 11.6 Å². The van der Waals surface area contributed by atoms with Gasteiger partial charge in [0.1, 0.15) is 0 Å². The van der Waals surface area contributed by atoms with Gasteiger partial charge in [-0.05, 0) is 58.4 Å². The third-order valence-corrected chi connectivity index (χ3v) is 4.08. The first-order valence-corrected chi connectivity index (χ1v) is 6.77. The molecule has 2 rings (SSSR count). The maximum Gasteiger partial charge on any atom is 0.159 e. The van der Waals surface area contributed by atoms with E-state index in [9.17, 15) is 8.78 Å². The van der Waals surface area contributed by atoms with Crippen molar-refractivity contribution < 1.29 is 8.78 Å². The fraction of sp³-hybridized carbons (Fsp3) is 0.143. The molecule has 0 saturated heterocycles. The molecule has 0 radical (unpaired) electrons. The molecule has 0 aliphatic rings.